The van der Waals surface area contributed by atoms with E-state index in [4.69, 9.17) is 0 Å². The summed E-state index contributed by atoms with van der Waals surface area (Å²) in [6, 6.07) is 0. The monoisotopic (exact) mass is 221 g/mol. The van der Waals surface area contributed by atoms with E-state index in [9.17, 15) is 4.79 Å². The van der Waals surface area contributed by atoms with Crippen LogP contribution in [0.5, 0.6) is 0 Å². The molecular formula is C12H19N3O. The first-order chi connectivity index (χ1) is 7.59. The molecule has 1 heterocycles. The molecule has 4 heteroatoms. The molecule has 1 amide bonds. The Morgan fingerprint density at radius 2 is 2.50 bits per heavy atom. The van der Waals surface area contributed by atoms with Crippen LogP contribution in [0.1, 0.15) is 38.8 Å². The fourth-order valence-corrected chi connectivity index (χ4v) is 2.50. The maximum absolute atomic E-state index is 12.0. The standard InChI is InChI=1S/C12H19N3O/c1-12(2)5-3-4-10(12)11(16)14-7-9-6-13-8-15-9/h6,8,10H,3-5,7H2,1-2H3,(H,13,15)(H,14,16). The molecule has 0 spiro atoms. The molecule has 0 aromatic carbocycles. The largest absolute Gasteiger partial charge is 0.350 e. The summed E-state index contributed by atoms with van der Waals surface area (Å²) in [7, 11) is 0. The van der Waals surface area contributed by atoms with Crippen molar-refractivity contribution in [2.75, 3.05) is 0 Å². The third-order valence-electron chi connectivity index (χ3n) is 3.58. The molecule has 0 radical (unpaired) electrons. The van der Waals surface area contributed by atoms with Crippen molar-refractivity contribution >= 4 is 5.91 Å². The first kappa shape index (κ1) is 11.2. The van der Waals surface area contributed by atoms with Gasteiger partial charge in [0.25, 0.3) is 0 Å². The van der Waals surface area contributed by atoms with Crippen molar-refractivity contribution in [3.05, 3.63) is 18.2 Å². The van der Waals surface area contributed by atoms with E-state index < -0.39 is 0 Å². The van der Waals surface area contributed by atoms with Gasteiger partial charge in [0.2, 0.25) is 5.91 Å². The normalized spacial score (nSPS) is 23.2. The van der Waals surface area contributed by atoms with Gasteiger partial charge in [-0.25, -0.2) is 4.98 Å². The Bertz CT molecular complexity index is 356. The van der Waals surface area contributed by atoms with E-state index in [-0.39, 0.29) is 17.2 Å². The van der Waals surface area contributed by atoms with E-state index in [1.54, 1.807) is 12.5 Å². The number of imidazole rings is 1. The van der Waals surface area contributed by atoms with Gasteiger partial charge < -0.3 is 10.3 Å². The maximum atomic E-state index is 12.0. The lowest BCUT2D eigenvalue weighted by Crippen LogP contribution is -2.35. The van der Waals surface area contributed by atoms with Crippen LogP contribution in [0, 0.1) is 11.3 Å². The van der Waals surface area contributed by atoms with Crippen molar-refractivity contribution in [1.82, 2.24) is 15.3 Å². The first-order valence-electron chi connectivity index (χ1n) is 5.84. The Kier molecular flexibility index (Phi) is 2.99. The van der Waals surface area contributed by atoms with Gasteiger partial charge in [-0.1, -0.05) is 20.3 Å². The molecule has 0 aliphatic heterocycles. The number of rotatable bonds is 3. The first-order valence-corrected chi connectivity index (χ1v) is 5.84. The highest BCUT2D eigenvalue weighted by atomic mass is 16.1. The summed E-state index contributed by atoms with van der Waals surface area (Å²) in [6.45, 7) is 4.91. The van der Waals surface area contributed by atoms with E-state index in [1.165, 1.54) is 0 Å². The lowest BCUT2D eigenvalue weighted by Gasteiger charge is -2.25. The number of carbonyl (C=O) groups is 1. The van der Waals surface area contributed by atoms with Gasteiger partial charge in [-0.05, 0) is 18.3 Å². The molecule has 1 aliphatic rings. The maximum Gasteiger partial charge on any atom is 0.223 e. The molecule has 1 aromatic rings. The fourth-order valence-electron chi connectivity index (χ4n) is 2.50. The predicted molar refractivity (Wildman–Crippen MR) is 61.6 cm³/mol. The topological polar surface area (TPSA) is 57.8 Å². The second-order valence-corrected chi connectivity index (χ2v) is 5.23. The molecule has 2 rings (SSSR count). The van der Waals surface area contributed by atoms with Gasteiger partial charge in [-0.15, -0.1) is 0 Å². The van der Waals surface area contributed by atoms with E-state index in [2.05, 4.69) is 29.1 Å². The van der Waals surface area contributed by atoms with Crippen molar-refractivity contribution < 1.29 is 4.79 Å². The molecule has 4 nitrogen and oxygen atoms in total. The van der Waals surface area contributed by atoms with Gasteiger partial charge in [-0.3, -0.25) is 4.79 Å². The van der Waals surface area contributed by atoms with Gasteiger partial charge >= 0.3 is 0 Å². The van der Waals surface area contributed by atoms with Crippen LogP contribution in [-0.2, 0) is 11.3 Å². The van der Waals surface area contributed by atoms with Crippen molar-refractivity contribution in [1.29, 1.82) is 0 Å². The highest BCUT2D eigenvalue weighted by Gasteiger charge is 2.38. The van der Waals surface area contributed by atoms with Crippen LogP contribution in [0.2, 0.25) is 0 Å². The number of nitrogens with one attached hydrogen (secondary N) is 2. The number of hydrogen-bond acceptors (Lipinski definition) is 2. The van der Waals surface area contributed by atoms with E-state index >= 15 is 0 Å². The molecule has 1 unspecified atom stereocenters. The minimum Gasteiger partial charge on any atom is -0.350 e. The number of aromatic amines is 1. The lowest BCUT2D eigenvalue weighted by molar-refractivity contribution is -0.127. The van der Waals surface area contributed by atoms with Crippen LogP contribution < -0.4 is 5.32 Å². The highest BCUT2D eigenvalue weighted by molar-refractivity contribution is 5.79. The average Bonchev–Trinajstić information content (AvgIpc) is 2.83. The number of H-pyrrole nitrogens is 1. The van der Waals surface area contributed by atoms with Crippen LogP contribution in [0.25, 0.3) is 0 Å². The second-order valence-electron chi connectivity index (χ2n) is 5.23. The van der Waals surface area contributed by atoms with Gasteiger partial charge in [0.05, 0.1) is 18.6 Å². The van der Waals surface area contributed by atoms with Crippen molar-refractivity contribution in [3.63, 3.8) is 0 Å². The minimum absolute atomic E-state index is 0.151. The summed E-state index contributed by atoms with van der Waals surface area (Å²) in [6.07, 6.45) is 6.69. The summed E-state index contributed by atoms with van der Waals surface area (Å²) in [4.78, 5) is 18.9. The number of amides is 1. The minimum atomic E-state index is 0.151. The Labute approximate surface area is 95.9 Å². The molecular weight excluding hydrogens is 202 g/mol. The van der Waals surface area contributed by atoms with E-state index in [0.717, 1.165) is 25.0 Å². The van der Waals surface area contributed by atoms with Crippen LogP contribution in [-0.4, -0.2) is 15.9 Å². The van der Waals surface area contributed by atoms with Crippen LogP contribution in [0.4, 0.5) is 0 Å². The number of hydrogen-bond donors (Lipinski definition) is 2. The van der Waals surface area contributed by atoms with E-state index in [1.807, 2.05) is 0 Å². The third-order valence-corrected chi connectivity index (χ3v) is 3.58. The predicted octanol–water partition coefficient (Wildman–Crippen LogP) is 1.85. The smallest absolute Gasteiger partial charge is 0.223 e. The van der Waals surface area contributed by atoms with Gasteiger partial charge in [0.15, 0.2) is 0 Å². The zero-order valence-corrected chi connectivity index (χ0v) is 9.92. The van der Waals surface area contributed by atoms with E-state index in [0.29, 0.717) is 6.54 Å². The summed E-state index contributed by atoms with van der Waals surface area (Å²) in [5.74, 6) is 0.340. The highest BCUT2D eigenvalue weighted by Crippen LogP contribution is 2.42. The van der Waals surface area contributed by atoms with Crippen molar-refractivity contribution in [2.24, 2.45) is 11.3 Å². The molecule has 1 aliphatic carbocycles. The quantitative estimate of drug-likeness (QED) is 0.818. The van der Waals surface area contributed by atoms with Gasteiger partial charge in [0, 0.05) is 12.1 Å². The van der Waals surface area contributed by atoms with Crippen LogP contribution in [0.3, 0.4) is 0 Å². The Morgan fingerprint density at radius 3 is 3.06 bits per heavy atom. The van der Waals surface area contributed by atoms with Gasteiger partial charge in [0.1, 0.15) is 0 Å². The summed E-state index contributed by atoms with van der Waals surface area (Å²) in [5.41, 5.74) is 1.10. The number of nitrogens with zero attached hydrogens (tertiary/aromatic N) is 1. The van der Waals surface area contributed by atoms with Crippen molar-refractivity contribution in [2.45, 2.75) is 39.7 Å². The Morgan fingerprint density at radius 1 is 1.69 bits per heavy atom. The fraction of sp³-hybridized carbons (Fsp3) is 0.667. The van der Waals surface area contributed by atoms with Crippen LogP contribution >= 0.6 is 0 Å². The zero-order valence-electron chi connectivity index (χ0n) is 9.92. The summed E-state index contributed by atoms with van der Waals surface area (Å²) in [5, 5.41) is 2.97. The van der Waals surface area contributed by atoms with Crippen LogP contribution in [0.15, 0.2) is 12.5 Å². The second kappa shape index (κ2) is 4.28. The molecule has 0 bridgehead atoms. The Hall–Kier alpha value is -1.32. The zero-order chi connectivity index (χ0) is 11.6. The summed E-state index contributed by atoms with van der Waals surface area (Å²) < 4.78 is 0. The molecule has 1 fully saturated rings. The molecule has 1 saturated carbocycles. The van der Waals surface area contributed by atoms with Crippen molar-refractivity contribution in [3.8, 4) is 0 Å². The SMILES string of the molecule is CC1(C)CCCC1C(=O)NCc1cnc[nH]1. The lowest BCUT2D eigenvalue weighted by atomic mass is 9.81. The summed E-state index contributed by atoms with van der Waals surface area (Å²) >= 11 is 0. The molecule has 0 saturated heterocycles. The molecule has 2 N–H and O–H groups in total. The number of aromatic nitrogens is 2. The van der Waals surface area contributed by atoms with Gasteiger partial charge in [-0.2, -0.15) is 0 Å². The average molecular weight is 221 g/mol. The Balaban J connectivity index is 1.89. The molecule has 16 heavy (non-hydrogen) atoms. The number of carbonyl (C=O) groups excluding carboxylic acids is 1. The third kappa shape index (κ3) is 2.26. The molecule has 1 aromatic heterocycles. The molecule has 1 atom stereocenters. The molecule has 88 valence electrons.